The maximum absolute atomic E-state index is 12.8. The number of Topliss-reactive ketones (excluding diaryl/α,β-unsaturated/α-hetero) is 3. The Hall–Kier alpha value is -2.30. The molecule has 0 unspecified atom stereocenters. The first-order valence-corrected chi connectivity index (χ1v) is 9.79. The number of aryl methyl sites for hydroxylation is 2. The first kappa shape index (κ1) is 19.5. The van der Waals surface area contributed by atoms with Crippen LogP contribution in [0.4, 0.5) is 0 Å². The van der Waals surface area contributed by atoms with Gasteiger partial charge in [-0.3, -0.25) is 14.4 Å². The molecular weight excluding hydrogens is 342 g/mol. The molecule has 5 nitrogen and oxygen atoms in total. The predicted molar refractivity (Wildman–Crippen MR) is 103 cm³/mol. The maximum atomic E-state index is 12.8. The van der Waals surface area contributed by atoms with E-state index in [1.807, 2.05) is 27.7 Å². The molecular formula is C22H27NO4. The zero-order chi connectivity index (χ0) is 19.7. The van der Waals surface area contributed by atoms with Gasteiger partial charge in [0.2, 0.25) is 0 Å². The van der Waals surface area contributed by atoms with Gasteiger partial charge in [0.05, 0.1) is 5.71 Å². The number of carbonyl (C=O) groups is 3. The molecule has 5 heteroatoms. The van der Waals surface area contributed by atoms with E-state index in [-0.39, 0.29) is 23.3 Å². The number of hydrogen-bond acceptors (Lipinski definition) is 5. The number of benzene rings is 1. The molecule has 144 valence electrons. The van der Waals surface area contributed by atoms with Crippen molar-refractivity contribution in [2.45, 2.75) is 65.7 Å². The minimum Gasteiger partial charge on any atom is -0.396 e. The van der Waals surface area contributed by atoms with Gasteiger partial charge in [-0.15, -0.1) is 0 Å². The molecule has 0 heterocycles. The molecule has 2 aliphatic rings. The van der Waals surface area contributed by atoms with Gasteiger partial charge in [0.25, 0.3) is 0 Å². The van der Waals surface area contributed by atoms with Crippen LogP contribution in [0.15, 0.2) is 11.2 Å². The Bertz CT molecular complexity index is 819. The first-order chi connectivity index (χ1) is 12.9. The Morgan fingerprint density at radius 3 is 2.37 bits per heavy atom. The summed E-state index contributed by atoms with van der Waals surface area (Å²) in [7, 11) is 0. The topological polar surface area (TPSA) is 72.8 Å². The van der Waals surface area contributed by atoms with E-state index < -0.39 is 5.92 Å². The average molecular weight is 369 g/mol. The summed E-state index contributed by atoms with van der Waals surface area (Å²) < 4.78 is 0. The molecule has 0 saturated heterocycles. The van der Waals surface area contributed by atoms with Gasteiger partial charge in [-0.25, -0.2) is 0 Å². The second-order valence-corrected chi connectivity index (χ2v) is 7.51. The van der Waals surface area contributed by atoms with Gasteiger partial charge in [0.15, 0.2) is 5.78 Å². The highest BCUT2D eigenvalue weighted by Crippen LogP contribution is 2.39. The van der Waals surface area contributed by atoms with E-state index in [0.29, 0.717) is 38.0 Å². The number of ketones is 3. The lowest BCUT2D eigenvalue weighted by Crippen LogP contribution is -2.38. The van der Waals surface area contributed by atoms with Crippen LogP contribution in [-0.2, 0) is 20.8 Å². The fourth-order valence-electron chi connectivity index (χ4n) is 4.69. The molecule has 1 aromatic rings. The molecule has 0 amide bonds. The summed E-state index contributed by atoms with van der Waals surface area (Å²) in [5.74, 6) is -0.962. The molecule has 0 aromatic heterocycles. The SMILES string of the molecule is CCO/N=C(/CC)C1C(=O)CC(c2c(C)cc3c(c2C)C(=O)CC3)CC1=O. The van der Waals surface area contributed by atoms with Gasteiger partial charge in [0, 0.05) is 24.8 Å². The molecule has 0 bridgehead atoms. The molecule has 0 radical (unpaired) electrons. The quantitative estimate of drug-likeness (QED) is 0.449. The van der Waals surface area contributed by atoms with Crippen molar-refractivity contribution in [1.29, 1.82) is 0 Å². The monoisotopic (exact) mass is 369 g/mol. The minimum absolute atomic E-state index is 0.0952. The van der Waals surface area contributed by atoms with Gasteiger partial charge in [-0.1, -0.05) is 18.1 Å². The second kappa shape index (κ2) is 7.75. The van der Waals surface area contributed by atoms with E-state index in [9.17, 15) is 14.4 Å². The van der Waals surface area contributed by atoms with Crippen molar-refractivity contribution in [2.24, 2.45) is 11.1 Å². The lowest BCUT2D eigenvalue weighted by atomic mass is 9.72. The van der Waals surface area contributed by atoms with E-state index in [1.54, 1.807) is 0 Å². The fourth-order valence-corrected chi connectivity index (χ4v) is 4.69. The van der Waals surface area contributed by atoms with E-state index >= 15 is 0 Å². The van der Waals surface area contributed by atoms with Crippen molar-refractivity contribution >= 4 is 23.1 Å². The van der Waals surface area contributed by atoms with Crippen LogP contribution >= 0.6 is 0 Å². The lowest BCUT2D eigenvalue weighted by molar-refractivity contribution is -0.133. The number of rotatable bonds is 5. The summed E-state index contributed by atoms with van der Waals surface area (Å²) >= 11 is 0. The molecule has 2 aliphatic carbocycles. The average Bonchev–Trinajstić information content (AvgIpc) is 2.98. The number of hydrogen-bond donors (Lipinski definition) is 0. The van der Waals surface area contributed by atoms with Crippen molar-refractivity contribution in [3.8, 4) is 0 Å². The van der Waals surface area contributed by atoms with Gasteiger partial charge < -0.3 is 4.84 Å². The molecule has 0 spiro atoms. The Labute approximate surface area is 160 Å². The van der Waals surface area contributed by atoms with Crippen LogP contribution in [0.5, 0.6) is 0 Å². The van der Waals surface area contributed by atoms with Gasteiger partial charge in [-0.2, -0.15) is 0 Å². The van der Waals surface area contributed by atoms with E-state index in [2.05, 4.69) is 11.2 Å². The third kappa shape index (κ3) is 3.47. The lowest BCUT2D eigenvalue weighted by Gasteiger charge is -2.29. The first-order valence-electron chi connectivity index (χ1n) is 9.79. The summed E-state index contributed by atoms with van der Waals surface area (Å²) in [4.78, 5) is 43.1. The third-order valence-corrected chi connectivity index (χ3v) is 5.77. The van der Waals surface area contributed by atoms with Crippen molar-refractivity contribution in [1.82, 2.24) is 0 Å². The zero-order valence-corrected chi connectivity index (χ0v) is 16.6. The summed E-state index contributed by atoms with van der Waals surface area (Å²) in [6.07, 6.45) is 2.45. The summed E-state index contributed by atoms with van der Waals surface area (Å²) in [5, 5.41) is 4.01. The van der Waals surface area contributed by atoms with Crippen LogP contribution in [-0.4, -0.2) is 29.7 Å². The largest absolute Gasteiger partial charge is 0.396 e. The number of oxime groups is 1. The van der Waals surface area contributed by atoms with Crippen molar-refractivity contribution in [3.05, 3.63) is 33.9 Å². The van der Waals surface area contributed by atoms with Crippen molar-refractivity contribution in [2.75, 3.05) is 6.61 Å². The minimum atomic E-state index is -0.783. The highest BCUT2D eigenvalue weighted by molar-refractivity contribution is 6.22. The Morgan fingerprint density at radius 1 is 1.11 bits per heavy atom. The number of fused-ring (bicyclic) bond motifs is 1. The van der Waals surface area contributed by atoms with Crippen LogP contribution in [0.1, 0.15) is 78.1 Å². The number of nitrogens with zero attached hydrogens (tertiary/aromatic N) is 1. The fraction of sp³-hybridized carbons (Fsp3) is 0.545. The maximum Gasteiger partial charge on any atom is 0.163 e. The predicted octanol–water partition coefficient (Wildman–Crippen LogP) is 3.87. The Balaban J connectivity index is 1.92. The Morgan fingerprint density at radius 2 is 1.78 bits per heavy atom. The second-order valence-electron chi connectivity index (χ2n) is 7.51. The van der Waals surface area contributed by atoms with Crippen LogP contribution in [0.2, 0.25) is 0 Å². The van der Waals surface area contributed by atoms with Crippen molar-refractivity contribution < 1.29 is 19.2 Å². The zero-order valence-electron chi connectivity index (χ0n) is 16.6. The van der Waals surface area contributed by atoms with Gasteiger partial charge in [-0.05, 0) is 61.8 Å². The van der Waals surface area contributed by atoms with Crippen LogP contribution < -0.4 is 0 Å². The van der Waals surface area contributed by atoms with E-state index in [4.69, 9.17) is 4.84 Å². The summed E-state index contributed by atoms with van der Waals surface area (Å²) in [5.41, 5.74) is 5.46. The highest BCUT2D eigenvalue weighted by atomic mass is 16.6. The highest BCUT2D eigenvalue weighted by Gasteiger charge is 2.40. The normalized spacial score (nSPS) is 23.0. The van der Waals surface area contributed by atoms with E-state index in [1.165, 1.54) is 0 Å². The molecule has 1 saturated carbocycles. The van der Waals surface area contributed by atoms with Crippen LogP contribution in [0, 0.1) is 19.8 Å². The molecule has 0 N–H and O–H groups in total. The summed E-state index contributed by atoms with van der Waals surface area (Å²) in [6.45, 7) is 8.08. The standard InChI is InChI=1S/C22H27NO4/c1-5-16(23-27-6-2)22-18(25)10-15(11-19(22)26)20-12(3)9-14-7-8-17(24)21(14)13(20)4/h9,15,22H,5-8,10-11H2,1-4H3/b23-16-. The van der Waals surface area contributed by atoms with Crippen LogP contribution in [0.25, 0.3) is 0 Å². The molecule has 0 aliphatic heterocycles. The molecule has 0 atom stereocenters. The number of carbonyl (C=O) groups excluding carboxylic acids is 3. The molecule has 3 rings (SSSR count). The Kier molecular flexibility index (Phi) is 5.59. The van der Waals surface area contributed by atoms with E-state index in [0.717, 1.165) is 34.2 Å². The molecule has 1 fully saturated rings. The van der Waals surface area contributed by atoms with Gasteiger partial charge in [0.1, 0.15) is 24.1 Å². The third-order valence-electron chi connectivity index (χ3n) is 5.77. The smallest absolute Gasteiger partial charge is 0.163 e. The molecule has 1 aromatic carbocycles. The molecule has 27 heavy (non-hydrogen) atoms. The van der Waals surface area contributed by atoms with Gasteiger partial charge >= 0.3 is 0 Å². The van der Waals surface area contributed by atoms with Crippen molar-refractivity contribution in [3.63, 3.8) is 0 Å². The summed E-state index contributed by atoms with van der Waals surface area (Å²) in [6, 6.07) is 2.07. The van der Waals surface area contributed by atoms with Crippen LogP contribution in [0.3, 0.4) is 0 Å².